The van der Waals surface area contributed by atoms with Crippen LogP contribution < -0.4 is 4.90 Å². The van der Waals surface area contributed by atoms with Crippen LogP contribution in [0.3, 0.4) is 0 Å². The van der Waals surface area contributed by atoms with Crippen molar-refractivity contribution in [2.75, 3.05) is 31.6 Å². The molecule has 2 unspecified atom stereocenters. The Morgan fingerprint density at radius 2 is 2.08 bits per heavy atom. The lowest BCUT2D eigenvalue weighted by molar-refractivity contribution is 0.330. The molecule has 0 saturated carbocycles. The van der Waals surface area contributed by atoms with E-state index >= 15 is 0 Å². The average Bonchev–Trinajstić information content (AvgIpc) is 2.76. The van der Waals surface area contributed by atoms with Crippen LogP contribution in [0.4, 0.5) is 5.69 Å². The zero-order valence-corrected chi connectivity index (χ0v) is 16.1. The van der Waals surface area contributed by atoms with E-state index in [-0.39, 0.29) is 0 Å². The molecule has 0 aliphatic carbocycles. The zero-order valence-electron chi connectivity index (χ0n) is 16.1. The summed E-state index contributed by atoms with van der Waals surface area (Å²) in [7, 11) is 2.26. The van der Waals surface area contributed by atoms with Crippen LogP contribution in [0.15, 0.2) is 35.0 Å². The van der Waals surface area contributed by atoms with Gasteiger partial charge in [-0.3, -0.25) is 4.99 Å². The van der Waals surface area contributed by atoms with Crippen molar-refractivity contribution in [2.45, 2.75) is 45.6 Å². The van der Waals surface area contributed by atoms with Crippen LogP contribution in [0.25, 0.3) is 0 Å². The van der Waals surface area contributed by atoms with Gasteiger partial charge in [0, 0.05) is 30.4 Å². The van der Waals surface area contributed by atoms with Crippen LogP contribution in [0.5, 0.6) is 0 Å². The van der Waals surface area contributed by atoms with E-state index in [0.29, 0.717) is 12.0 Å². The highest BCUT2D eigenvalue weighted by atomic mass is 15.2. The number of terminal acetylenes is 1. The number of fused-ring (bicyclic) bond motifs is 3. The summed E-state index contributed by atoms with van der Waals surface area (Å²) in [6.45, 7) is 9.59. The van der Waals surface area contributed by atoms with Gasteiger partial charge in [-0.2, -0.15) is 0 Å². The Labute approximate surface area is 153 Å². The van der Waals surface area contributed by atoms with Crippen molar-refractivity contribution < 1.29 is 0 Å². The number of hydrogen-bond donors (Lipinski definition) is 0. The summed E-state index contributed by atoms with van der Waals surface area (Å²) in [5.74, 6) is 0.626. The Morgan fingerprint density at radius 1 is 1.32 bits per heavy atom. The summed E-state index contributed by atoms with van der Waals surface area (Å²) in [5, 5.41) is 0. The summed E-state index contributed by atoms with van der Waals surface area (Å²) >= 11 is 0. The standard InChI is InChI=1S/C20H29N3.C2H2/c1-5-16(21-6-2)13-23-19-8-7-11-22(4)14-18(19)17-12-15(3)9-10-20(17)23;1-2/h5-6,9-10,12,18-19H,7-8,11,13-14H2,1-4H3;1-2H/b16-5-,21-6?;. The fourth-order valence-corrected chi connectivity index (χ4v) is 4.16. The van der Waals surface area contributed by atoms with E-state index in [9.17, 15) is 0 Å². The maximum Gasteiger partial charge on any atom is 0.0602 e. The van der Waals surface area contributed by atoms with E-state index in [4.69, 9.17) is 0 Å². The molecular weight excluding hydrogens is 306 g/mol. The minimum Gasteiger partial charge on any atom is -0.362 e. The summed E-state index contributed by atoms with van der Waals surface area (Å²) in [6, 6.07) is 7.59. The highest BCUT2D eigenvalue weighted by Crippen LogP contribution is 2.44. The van der Waals surface area contributed by atoms with Gasteiger partial charge in [0.1, 0.15) is 0 Å². The lowest BCUT2D eigenvalue weighted by Gasteiger charge is -2.29. The first kappa shape index (κ1) is 19.3. The minimum atomic E-state index is 0.610. The number of hydrogen-bond acceptors (Lipinski definition) is 3. The van der Waals surface area contributed by atoms with Gasteiger partial charge in [-0.15, -0.1) is 12.8 Å². The first-order chi connectivity index (χ1) is 12.1. The predicted molar refractivity (Wildman–Crippen MR) is 110 cm³/mol. The van der Waals surface area contributed by atoms with Gasteiger partial charge in [0.25, 0.3) is 0 Å². The fraction of sp³-hybridized carbons (Fsp3) is 0.500. The van der Waals surface area contributed by atoms with Crippen LogP contribution in [0.2, 0.25) is 0 Å². The maximum absolute atomic E-state index is 4.56. The molecule has 2 aliphatic heterocycles. The molecule has 25 heavy (non-hydrogen) atoms. The van der Waals surface area contributed by atoms with Crippen molar-refractivity contribution in [3.63, 3.8) is 0 Å². The van der Waals surface area contributed by atoms with E-state index in [1.165, 1.54) is 37.2 Å². The highest BCUT2D eigenvalue weighted by molar-refractivity contribution is 5.64. The number of rotatable bonds is 3. The Morgan fingerprint density at radius 3 is 2.76 bits per heavy atom. The molecule has 1 aromatic rings. The summed E-state index contributed by atoms with van der Waals surface area (Å²) in [4.78, 5) is 9.67. The Kier molecular flexibility index (Phi) is 6.84. The first-order valence-corrected chi connectivity index (χ1v) is 9.17. The quantitative estimate of drug-likeness (QED) is 0.607. The molecule has 2 atom stereocenters. The summed E-state index contributed by atoms with van der Waals surface area (Å²) < 4.78 is 0. The number of allylic oxidation sites excluding steroid dienone is 1. The van der Waals surface area contributed by atoms with Crippen LogP contribution in [-0.4, -0.2) is 43.8 Å². The van der Waals surface area contributed by atoms with Crippen molar-refractivity contribution in [1.82, 2.24) is 4.90 Å². The molecule has 1 fully saturated rings. The predicted octanol–water partition coefficient (Wildman–Crippen LogP) is 4.24. The molecule has 0 aromatic heterocycles. The summed E-state index contributed by atoms with van der Waals surface area (Å²) in [5.41, 5.74) is 5.50. The second-order valence-electron chi connectivity index (χ2n) is 6.94. The van der Waals surface area contributed by atoms with Gasteiger partial charge < -0.3 is 9.80 Å². The smallest absolute Gasteiger partial charge is 0.0602 e. The number of anilines is 1. The van der Waals surface area contributed by atoms with Crippen molar-refractivity contribution in [1.29, 1.82) is 0 Å². The van der Waals surface area contributed by atoms with Gasteiger partial charge in [-0.1, -0.05) is 23.8 Å². The van der Waals surface area contributed by atoms with Crippen LogP contribution in [-0.2, 0) is 0 Å². The molecule has 2 aliphatic rings. The zero-order chi connectivity index (χ0) is 18.4. The van der Waals surface area contributed by atoms with Crippen LogP contribution in [0.1, 0.15) is 43.7 Å². The van der Waals surface area contributed by atoms with Gasteiger partial charge in [-0.05, 0) is 58.8 Å². The molecule has 1 aromatic carbocycles. The number of aliphatic imine (C=N–C) groups is 1. The third-order valence-electron chi connectivity index (χ3n) is 5.27. The Balaban J connectivity index is 0.00000109. The molecule has 0 bridgehead atoms. The van der Waals surface area contributed by atoms with Crippen LogP contribution in [0, 0.1) is 19.8 Å². The lowest BCUT2D eigenvalue weighted by atomic mass is 9.92. The van der Waals surface area contributed by atoms with Gasteiger partial charge >= 0.3 is 0 Å². The van der Waals surface area contributed by atoms with Crippen molar-refractivity contribution in [3.05, 3.63) is 41.1 Å². The third-order valence-corrected chi connectivity index (χ3v) is 5.27. The second kappa shape index (κ2) is 8.87. The Bertz CT molecular complexity index is 656. The van der Waals surface area contributed by atoms with Crippen molar-refractivity contribution in [2.24, 2.45) is 4.99 Å². The van der Waals surface area contributed by atoms with E-state index in [0.717, 1.165) is 12.2 Å². The van der Waals surface area contributed by atoms with Crippen molar-refractivity contribution in [3.8, 4) is 12.8 Å². The molecule has 0 N–H and O–H groups in total. The van der Waals surface area contributed by atoms with E-state index in [2.05, 4.69) is 72.8 Å². The molecule has 0 amide bonds. The second-order valence-corrected chi connectivity index (χ2v) is 6.94. The average molecular weight is 338 g/mol. The summed E-state index contributed by atoms with van der Waals surface area (Å²) in [6.07, 6.45) is 14.6. The number of nitrogens with zero attached hydrogens (tertiary/aromatic N) is 3. The number of aryl methyl sites for hydroxylation is 1. The van der Waals surface area contributed by atoms with E-state index in [1.807, 2.05) is 13.1 Å². The van der Waals surface area contributed by atoms with E-state index in [1.54, 1.807) is 5.56 Å². The third kappa shape index (κ3) is 4.14. The molecule has 3 heteroatoms. The maximum atomic E-state index is 4.56. The largest absolute Gasteiger partial charge is 0.362 e. The molecular formula is C22H31N3. The van der Waals surface area contributed by atoms with Crippen molar-refractivity contribution >= 4 is 11.9 Å². The molecule has 2 heterocycles. The number of likely N-dealkylation sites (N-methyl/N-ethyl adjacent to an activating group) is 1. The monoisotopic (exact) mass is 337 g/mol. The highest BCUT2D eigenvalue weighted by Gasteiger charge is 2.39. The van der Waals surface area contributed by atoms with Gasteiger partial charge in [-0.25, -0.2) is 0 Å². The lowest BCUT2D eigenvalue weighted by Crippen LogP contribution is -2.36. The normalized spacial score (nSPS) is 23.6. The van der Waals surface area contributed by atoms with Gasteiger partial charge in [0.05, 0.1) is 12.2 Å². The molecule has 0 spiro atoms. The number of likely N-dealkylation sites (tertiary alicyclic amines) is 1. The minimum absolute atomic E-state index is 0.610. The van der Waals surface area contributed by atoms with Gasteiger partial charge in [0.2, 0.25) is 0 Å². The van der Waals surface area contributed by atoms with Gasteiger partial charge in [0.15, 0.2) is 0 Å². The van der Waals surface area contributed by atoms with Crippen LogP contribution >= 0.6 is 0 Å². The fourth-order valence-electron chi connectivity index (χ4n) is 4.16. The SMILES string of the molecule is C#C.CC=N/C(=C\C)CN1c2ccc(C)cc2C2CN(C)CCCC21. The van der Waals surface area contributed by atoms with E-state index < -0.39 is 0 Å². The molecule has 0 radical (unpaired) electrons. The Hall–Kier alpha value is -2.05. The molecule has 134 valence electrons. The first-order valence-electron chi connectivity index (χ1n) is 9.17. The molecule has 3 nitrogen and oxygen atoms in total. The molecule has 1 saturated heterocycles. The number of benzene rings is 1. The molecule has 3 rings (SSSR count). The topological polar surface area (TPSA) is 18.8 Å².